The molecule has 0 heterocycles. The summed E-state index contributed by atoms with van der Waals surface area (Å²) in [6, 6.07) is 7.16. The second kappa shape index (κ2) is 6.17. The number of nitrogens with zero attached hydrogens (tertiary/aromatic N) is 1. The number of nitro benzene ring substituents is 1. The Morgan fingerprint density at radius 2 is 1.81 bits per heavy atom. The average Bonchev–Trinajstić information content (AvgIpc) is 2.40. The number of nitrogens with one attached hydrogen (secondary N) is 1. The lowest BCUT2D eigenvalue weighted by molar-refractivity contribution is -0.384. The van der Waals surface area contributed by atoms with E-state index in [-0.39, 0.29) is 23.2 Å². The maximum Gasteiger partial charge on any atom is 0.295 e. The predicted molar refractivity (Wildman–Crippen MR) is 79.2 cm³/mol. The molecule has 7 heteroatoms. The zero-order valence-corrected chi connectivity index (χ0v) is 12.5. The quantitative estimate of drug-likeness (QED) is 0.631. The van der Waals surface area contributed by atoms with Gasteiger partial charge in [0.15, 0.2) is 0 Å². The number of hydrogen-bond donors (Lipinski definition) is 1. The van der Waals surface area contributed by atoms with Crippen LogP contribution in [0.5, 0.6) is 0 Å². The van der Waals surface area contributed by atoms with Crippen LogP contribution in [-0.4, -0.2) is 4.92 Å². The Morgan fingerprint density at radius 1 is 1.19 bits per heavy atom. The maximum absolute atomic E-state index is 13.1. The first kappa shape index (κ1) is 15.4. The van der Waals surface area contributed by atoms with Crippen LogP contribution in [0, 0.1) is 21.7 Å². The Balaban J connectivity index is 2.31. The van der Waals surface area contributed by atoms with Crippen LogP contribution in [-0.2, 0) is 0 Å². The lowest BCUT2D eigenvalue weighted by atomic mass is 10.1. The molecule has 0 fully saturated rings. The number of benzene rings is 2. The van der Waals surface area contributed by atoms with E-state index in [0.29, 0.717) is 4.47 Å². The van der Waals surface area contributed by atoms with Crippen molar-refractivity contribution in [2.75, 3.05) is 5.32 Å². The molecule has 0 amide bonds. The molecule has 0 saturated heterocycles. The Kier molecular flexibility index (Phi) is 4.52. The first-order valence-electron chi connectivity index (χ1n) is 6.04. The Bertz CT molecular complexity index is 695. The lowest BCUT2D eigenvalue weighted by Gasteiger charge is -2.17. The molecule has 21 heavy (non-hydrogen) atoms. The van der Waals surface area contributed by atoms with Crippen LogP contribution in [0.4, 0.5) is 20.2 Å². The number of hydrogen-bond acceptors (Lipinski definition) is 3. The molecule has 0 bridgehead atoms. The molecule has 4 nitrogen and oxygen atoms in total. The van der Waals surface area contributed by atoms with Crippen LogP contribution in [0.1, 0.15) is 18.5 Å². The number of halogens is 3. The summed E-state index contributed by atoms with van der Waals surface area (Å²) in [6.07, 6.45) is 0. The Morgan fingerprint density at radius 3 is 2.43 bits per heavy atom. The zero-order chi connectivity index (χ0) is 15.6. The van der Waals surface area contributed by atoms with Crippen molar-refractivity contribution in [2.45, 2.75) is 13.0 Å². The molecule has 2 aromatic rings. The standard InChI is InChI=1S/C14H11BrF2N2O2/c1-8(11-4-2-9(16)6-12(11)15)18-13-5-3-10(17)7-14(13)19(20)21/h2-8,18H,1H3. The fraction of sp³-hybridized carbons (Fsp3) is 0.143. The maximum atomic E-state index is 13.1. The molecule has 0 aliphatic rings. The van der Waals surface area contributed by atoms with E-state index in [9.17, 15) is 18.9 Å². The summed E-state index contributed by atoms with van der Waals surface area (Å²) >= 11 is 3.25. The van der Waals surface area contributed by atoms with Gasteiger partial charge in [-0.25, -0.2) is 8.78 Å². The van der Waals surface area contributed by atoms with E-state index >= 15 is 0 Å². The molecular weight excluding hydrogens is 346 g/mol. The van der Waals surface area contributed by atoms with E-state index in [4.69, 9.17) is 0 Å². The van der Waals surface area contributed by atoms with Gasteiger partial charge in [0.05, 0.1) is 11.0 Å². The van der Waals surface area contributed by atoms with Crippen LogP contribution < -0.4 is 5.32 Å². The van der Waals surface area contributed by atoms with Gasteiger partial charge in [0, 0.05) is 10.5 Å². The van der Waals surface area contributed by atoms with E-state index in [2.05, 4.69) is 21.2 Å². The van der Waals surface area contributed by atoms with Gasteiger partial charge in [-0.1, -0.05) is 22.0 Å². The van der Waals surface area contributed by atoms with Crippen LogP contribution in [0.15, 0.2) is 40.9 Å². The summed E-state index contributed by atoms with van der Waals surface area (Å²) in [5, 5.41) is 13.9. The van der Waals surface area contributed by atoms with Gasteiger partial charge in [-0.05, 0) is 36.8 Å². The predicted octanol–water partition coefficient (Wildman–Crippen LogP) is 4.81. The van der Waals surface area contributed by atoms with Crippen LogP contribution >= 0.6 is 15.9 Å². The normalized spacial score (nSPS) is 12.0. The second-order valence-corrected chi connectivity index (χ2v) is 5.30. The van der Waals surface area contributed by atoms with Gasteiger partial charge in [0.25, 0.3) is 5.69 Å². The first-order valence-corrected chi connectivity index (χ1v) is 6.83. The highest BCUT2D eigenvalue weighted by Gasteiger charge is 2.18. The minimum atomic E-state index is -0.678. The smallest absolute Gasteiger partial charge is 0.295 e. The fourth-order valence-corrected chi connectivity index (χ4v) is 2.64. The van der Waals surface area contributed by atoms with E-state index < -0.39 is 10.7 Å². The molecule has 1 N–H and O–H groups in total. The lowest BCUT2D eigenvalue weighted by Crippen LogP contribution is -2.09. The molecule has 0 aliphatic carbocycles. The summed E-state index contributed by atoms with van der Waals surface area (Å²) in [5.41, 5.74) is 0.584. The number of anilines is 1. The van der Waals surface area contributed by atoms with Crippen molar-refractivity contribution in [1.29, 1.82) is 0 Å². The SMILES string of the molecule is CC(Nc1ccc(F)cc1[N+](=O)[O-])c1ccc(F)cc1Br. The van der Waals surface area contributed by atoms with E-state index in [1.807, 2.05) is 0 Å². The topological polar surface area (TPSA) is 55.2 Å². The number of nitro groups is 1. The molecule has 1 unspecified atom stereocenters. The van der Waals surface area contributed by atoms with Crippen molar-refractivity contribution in [2.24, 2.45) is 0 Å². The van der Waals surface area contributed by atoms with Gasteiger partial charge < -0.3 is 5.32 Å². The summed E-state index contributed by atoms with van der Waals surface area (Å²) in [5.74, 6) is -1.06. The van der Waals surface area contributed by atoms with Crippen LogP contribution in [0.3, 0.4) is 0 Å². The first-order chi connectivity index (χ1) is 9.88. The van der Waals surface area contributed by atoms with Gasteiger partial charge in [-0.3, -0.25) is 10.1 Å². The molecule has 0 saturated carbocycles. The van der Waals surface area contributed by atoms with Gasteiger partial charge in [0.1, 0.15) is 17.3 Å². The number of rotatable bonds is 4. The second-order valence-electron chi connectivity index (χ2n) is 4.45. The van der Waals surface area contributed by atoms with Gasteiger partial charge in [-0.15, -0.1) is 0 Å². The van der Waals surface area contributed by atoms with Crippen molar-refractivity contribution in [3.8, 4) is 0 Å². The van der Waals surface area contributed by atoms with Gasteiger partial charge in [-0.2, -0.15) is 0 Å². The largest absolute Gasteiger partial charge is 0.373 e. The molecule has 2 rings (SSSR count). The molecule has 0 aromatic heterocycles. The fourth-order valence-electron chi connectivity index (χ4n) is 1.94. The van der Waals surface area contributed by atoms with Crippen molar-refractivity contribution in [1.82, 2.24) is 0 Å². The Hall–Kier alpha value is -2.02. The molecule has 0 radical (unpaired) electrons. The molecular formula is C14H11BrF2N2O2. The third-order valence-electron chi connectivity index (χ3n) is 2.96. The highest BCUT2D eigenvalue weighted by Crippen LogP contribution is 2.31. The average molecular weight is 357 g/mol. The third-order valence-corrected chi connectivity index (χ3v) is 3.64. The molecule has 0 aliphatic heterocycles. The van der Waals surface area contributed by atoms with E-state index in [1.54, 1.807) is 13.0 Å². The summed E-state index contributed by atoms with van der Waals surface area (Å²) < 4.78 is 26.7. The summed E-state index contributed by atoms with van der Waals surface area (Å²) in [6.45, 7) is 1.77. The Labute approximate surface area is 128 Å². The van der Waals surface area contributed by atoms with Crippen molar-refractivity contribution >= 4 is 27.3 Å². The van der Waals surface area contributed by atoms with E-state index in [1.165, 1.54) is 18.2 Å². The van der Waals surface area contributed by atoms with E-state index in [0.717, 1.165) is 17.7 Å². The van der Waals surface area contributed by atoms with Crippen molar-refractivity contribution < 1.29 is 13.7 Å². The van der Waals surface area contributed by atoms with Gasteiger partial charge in [0.2, 0.25) is 0 Å². The zero-order valence-electron chi connectivity index (χ0n) is 10.9. The molecule has 0 spiro atoms. The summed E-state index contributed by atoms with van der Waals surface area (Å²) in [4.78, 5) is 10.3. The van der Waals surface area contributed by atoms with Crippen LogP contribution in [0.25, 0.3) is 0 Å². The minimum absolute atomic E-state index is 0.199. The molecule has 1 atom stereocenters. The van der Waals surface area contributed by atoms with Gasteiger partial charge >= 0.3 is 0 Å². The highest BCUT2D eigenvalue weighted by molar-refractivity contribution is 9.10. The minimum Gasteiger partial charge on any atom is -0.373 e. The van der Waals surface area contributed by atoms with Crippen molar-refractivity contribution in [3.05, 3.63) is 68.2 Å². The summed E-state index contributed by atoms with van der Waals surface area (Å²) in [7, 11) is 0. The highest BCUT2D eigenvalue weighted by atomic mass is 79.9. The molecule has 110 valence electrons. The molecule has 2 aromatic carbocycles. The van der Waals surface area contributed by atoms with Crippen molar-refractivity contribution in [3.63, 3.8) is 0 Å². The third kappa shape index (κ3) is 3.55. The monoisotopic (exact) mass is 356 g/mol. The van der Waals surface area contributed by atoms with Crippen LogP contribution in [0.2, 0.25) is 0 Å².